The van der Waals surface area contributed by atoms with Crippen LogP contribution in [0.1, 0.15) is 73.7 Å². The molecule has 202 valence electrons. The predicted octanol–water partition coefficient (Wildman–Crippen LogP) is 7.12. The fourth-order valence-corrected chi connectivity index (χ4v) is 5.73. The highest BCUT2D eigenvalue weighted by molar-refractivity contribution is 6.30. The van der Waals surface area contributed by atoms with Gasteiger partial charge < -0.3 is 9.64 Å². The van der Waals surface area contributed by atoms with E-state index in [1.807, 2.05) is 18.2 Å². The minimum atomic E-state index is 0.0309. The third-order valence-electron chi connectivity index (χ3n) is 7.75. The van der Waals surface area contributed by atoms with Crippen molar-refractivity contribution in [3.8, 4) is 5.75 Å². The Morgan fingerprint density at radius 3 is 2.11 bits per heavy atom. The molecule has 1 aliphatic heterocycles. The highest BCUT2D eigenvalue weighted by atomic mass is 35.5. The topological polar surface area (TPSA) is 32.8 Å². The summed E-state index contributed by atoms with van der Waals surface area (Å²) in [6.07, 6.45) is 2.02. The first-order valence-electron chi connectivity index (χ1n) is 13.9. The molecule has 1 saturated heterocycles. The molecule has 0 spiro atoms. The van der Waals surface area contributed by atoms with Crippen LogP contribution in [-0.4, -0.2) is 49.6 Å². The summed E-state index contributed by atoms with van der Waals surface area (Å²) in [5, 5.41) is 0.761. The molecule has 2 unspecified atom stereocenters. The summed E-state index contributed by atoms with van der Waals surface area (Å²) in [6.45, 7) is 11.3. The lowest BCUT2D eigenvalue weighted by molar-refractivity contribution is 0.104. The second-order valence-corrected chi connectivity index (χ2v) is 11.1. The molecule has 0 amide bonds. The maximum absolute atomic E-state index is 13.5. The van der Waals surface area contributed by atoms with E-state index >= 15 is 0 Å². The van der Waals surface area contributed by atoms with Gasteiger partial charge in [0.1, 0.15) is 0 Å². The summed E-state index contributed by atoms with van der Waals surface area (Å²) in [5.74, 6) is 0.967. The molecule has 0 aliphatic carbocycles. The lowest BCUT2D eigenvalue weighted by Gasteiger charge is -2.40. The molecule has 1 aliphatic rings. The van der Waals surface area contributed by atoms with Gasteiger partial charge in [-0.1, -0.05) is 93.4 Å². The second kappa shape index (κ2) is 13.4. The fraction of sp³-hybridized carbons (Fsp3) is 0.424. The van der Waals surface area contributed by atoms with E-state index in [0.29, 0.717) is 11.7 Å². The van der Waals surface area contributed by atoms with Crippen molar-refractivity contribution >= 4 is 11.6 Å². The number of benzene rings is 2. The van der Waals surface area contributed by atoms with Crippen LogP contribution in [0, 0.1) is 0 Å². The summed E-state index contributed by atoms with van der Waals surface area (Å²) in [5.41, 5.74) is 4.60. The normalized spacial score (nSPS) is 16.4. The molecule has 4 rings (SSSR count). The van der Waals surface area contributed by atoms with E-state index in [1.54, 1.807) is 7.11 Å². The van der Waals surface area contributed by atoms with Crippen molar-refractivity contribution in [2.45, 2.75) is 51.5 Å². The van der Waals surface area contributed by atoms with Crippen LogP contribution in [0.2, 0.25) is 5.02 Å². The predicted molar refractivity (Wildman–Crippen MR) is 159 cm³/mol. The Morgan fingerprint density at radius 2 is 1.50 bits per heavy atom. The molecule has 0 radical (unpaired) electrons. The molecule has 3 aromatic rings. The summed E-state index contributed by atoms with van der Waals surface area (Å²) < 4.78 is 5.55. The van der Waals surface area contributed by atoms with Crippen LogP contribution in [0.3, 0.4) is 0 Å². The minimum Gasteiger partial charge on any atom is -0.493 e. The number of methoxy groups -OCH3 is 1. The van der Waals surface area contributed by atoms with Crippen LogP contribution in [0.5, 0.6) is 5.75 Å². The van der Waals surface area contributed by atoms with Crippen molar-refractivity contribution in [1.29, 1.82) is 0 Å². The fourth-order valence-electron chi connectivity index (χ4n) is 5.61. The van der Waals surface area contributed by atoms with Crippen LogP contribution in [0.15, 0.2) is 77.6 Å². The number of halogens is 1. The Labute approximate surface area is 233 Å². The van der Waals surface area contributed by atoms with Gasteiger partial charge in [-0.3, -0.25) is 9.69 Å². The van der Waals surface area contributed by atoms with Gasteiger partial charge in [0.25, 0.3) is 0 Å². The molecule has 5 heteroatoms. The molecule has 38 heavy (non-hydrogen) atoms. The SMILES string of the molecule is CCCC(CN1CCN(C(c2ccccc2)c2ccc(Cl)cc2)CC1)c1ccc(C(C)C)cc(OC)c1=O. The molecular weight excluding hydrogens is 492 g/mol. The van der Waals surface area contributed by atoms with Crippen LogP contribution < -0.4 is 10.2 Å². The van der Waals surface area contributed by atoms with Gasteiger partial charge >= 0.3 is 0 Å². The molecule has 0 aromatic heterocycles. The first-order valence-corrected chi connectivity index (χ1v) is 14.3. The smallest absolute Gasteiger partial charge is 0.223 e. The monoisotopic (exact) mass is 532 g/mol. The van der Waals surface area contributed by atoms with E-state index in [0.717, 1.165) is 61.7 Å². The summed E-state index contributed by atoms with van der Waals surface area (Å²) in [4.78, 5) is 18.6. The number of rotatable bonds is 10. The molecule has 1 heterocycles. The van der Waals surface area contributed by atoms with Crippen LogP contribution in [0.4, 0.5) is 0 Å². The van der Waals surface area contributed by atoms with Gasteiger partial charge in [0.05, 0.1) is 13.2 Å². The van der Waals surface area contributed by atoms with Crippen molar-refractivity contribution in [2.24, 2.45) is 0 Å². The van der Waals surface area contributed by atoms with Gasteiger partial charge in [-0.25, -0.2) is 0 Å². The van der Waals surface area contributed by atoms with Gasteiger partial charge in [-0.05, 0) is 47.2 Å². The number of hydrogen-bond donors (Lipinski definition) is 0. The highest BCUT2D eigenvalue weighted by Gasteiger charge is 2.28. The van der Waals surface area contributed by atoms with E-state index in [-0.39, 0.29) is 17.4 Å². The number of ether oxygens (including phenoxy) is 1. The number of hydrogen-bond acceptors (Lipinski definition) is 4. The van der Waals surface area contributed by atoms with E-state index < -0.39 is 0 Å². The number of nitrogens with zero attached hydrogens (tertiary/aromatic N) is 2. The second-order valence-electron chi connectivity index (χ2n) is 10.7. The van der Waals surface area contributed by atoms with Gasteiger partial charge in [0, 0.05) is 49.2 Å². The number of piperazine rings is 1. The minimum absolute atomic E-state index is 0.0309. The lowest BCUT2D eigenvalue weighted by atomic mass is 9.93. The maximum atomic E-state index is 13.5. The van der Waals surface area contributed by atoms with E-state index in [4.69, 9.17) is 16.3 Å². The zero-order valence-corrected chi connectivity index (χ0v) is 24.0. The standard InChI is InChI=1S/C33H41ClN2O2/c1-5-9-28(30-17-14-27(24(2)3)22-31(38-4)33(30)37)23-35-18-20-36(21-19-35)32(25-10-7-6-8-11-25)26-12-15-29(34)16-13-26/h6-8,10-17,22,24,28,32H,5,9,18-21,23H2,1-4H3. The Balaban J connectivity index is 1.53. The van der Waals surface area contributed by atoms with E-state index in [2.05, 4.69) is 85.2 Å². The Bertz CT molecular complexity index is 1220. The molecule has 1 fully saturated rings. The van der Waals surface area contributed by atoms with Crippen molar-refractivity contribution < 1.29 is 4.74 Å². The first kappa shape index (κ1) is 28.4. The summed E-state index contributed by atoms with van der Waals surface area (Å²) in [6, 6.07) is 25.3. The zero-order valence-electron chi connectivity index (χ0n) is 23.2. The largest absolute Gasteiger partial charge is 0.493 e. The summed E-state index contributed by atoms with van der Waals surface area (Å²) >= 11 is 6.20. The van der Waals surface area contributed by atoms with E-state index in [1.165, 1.54) is 11.1 Å². The molecule has 3 aromatic carbocycles. The average molecular weight is 533 g/mol. The molecular formula is C33H41ClN2O2. The Hall–Kier alpha value is -2.66. The molecule has 0 saturated carbocycles. The van der Waals surface area contributed by atoms with Gasteiger partial charge in [0.15, 0.2) is 5.75 Å². The highest BCUT2D eigenvalue weighted by Crippen LogP contribution is 2.31. The molecule has 0 N–H and O–H groups in total. The molecule has 4 nitrogen and oxygen atoms in total. The maximum Gasteiger partial charge on any atom is 0.223 e. The van der Waals surface area contributed by atoms with Gasteiger partial charge in [0.2, 0.25) is 5.43 Å². The third-order valence-corrected chi connectivity index (χ3v) is 8.01. The molecule has 0 bridgehead atoms. The van der Waals surface area contributed by atoms with Crippen LogP contribution in [0.25, 0.3) is 0 Å². The van der Waals surface area contributed by atoms with Crippen molar-refractivity contribution in [2.75, 3.05) is 39.8 Å². The average Bonchev–Trinajstić information content (AvgIpc) is 3.10. The Kier molecular flexibility index (Phi) is 10.0. The van der Waals surface area contributed by atoms with Crippen molar-refractivity contribution in [3.63, 3.8) is 0 Å². The third kappa shape index (κ3) is 6.85. The summed E-state index contributed by atoms with van der Waals surface area (Å²) in [7, 11) is 1.60. The van der Waals surface area contributed by atoms with Crippen LogP contribution in [-0.2, 0) is 0 Å². The Morgan fingerprint density at radius 1 is 0.868 bits per heavy atom. The quantitative estimate of drug-likeness (QED) is 0.278. The lowest BCUT2D eigenvalue weighted by Crippen LogP contribution is -2.49. The van der Waals surface area contributed by atoms with Crippen molar-refractivity contribution in [1.82, 2.24) is 9.80 Å². The molecule has 2 atom stereocenters. The first-order chi connectivity index (χ1) is 18.4. The van der Waals surface area contributed by atoms with Crippen LogP contribution >= 0.6 is 11.6 Å². The van der Waals surface area contributed by atoms with Crippen molar-refractivity contribution in [3.05, 3.63) is 110 Å². The van der Waals surface area contributed by atoms with Gasteiger partial charge in [-0.2, -0.15) is 0 Å². The van der Waals surface area contributed by atoms with E-state index in [9.17, 15) is 4.79 Å². The zero-order chi connectivity index (χ0) is 27.1. The van der Waals surface area contributed by atoms with Gasteiger partial charge in [-0.15, -0.1) is 0 Å².